The zero-order chi connectivity index (χ0) is 17.1. The number of benzene rings is 1. The van der Waals surface area contributed by atoms with Gasteiger partial charge in [0, 0.05) is 18.8 Å². The molecular weight excluding hydrogens is 329 g/mol. The van der Waals surface area contributed by atoms with E-state index in [2.05, 4.69) is 4.98 Å². The summed E-state index contributed by atoms with van der Waals surface area (Å²) in [4.78, 5) is 19.1. The van der Waals surface area contributed by atoms with Crippen LogP contribution in [0.1, 0.15) is 23.8 Å². The number of carbonyl (C=O) groups excluding carboxylic acids is 1. The van der Waals surface area contributed by atoms with E-state index >= 15 is 0 Å². The lowest BCUT2D eigenvalue weighted by Gasteiger charge is -2.32. The first-order chi connectivity index (χ1) is 11.6. The molecule has 24 heavy (non-hydrogen) atoms. The molecule has 5 nitrogen and oxygen atoms in total. The standard InChI is InChI=1S/C17H20FN3O2S/c1-3-14-11-20(8-9-23-14)16(22)15-10-19-17(24-2)21(15)13-6-4-12(18)5-7-13/h4-7,10,14H,3,8-9,11H2,1-2H3. The maximum atomic E-state index is 13.2. The number of amides is 1. The molecule has 1 amide bonds. The minimum atomic E-state index is -0.309. The third-order valence-electron chi connectivity index (χ3n) is 4.10. The fraction of sp³-hybridized carbons (Fsp3) is 0.412. The number of halogens is 1. The van der Waals surface area contributed by atoms with Crippen molar-refractivity contribution in [1.29, 1.82) is 0 Å². The van der Waals surface area contributed by atoms with E-state index in [9.17, 15) is 9.18 Å². The summed E-state index contributed by atoms with van der Waals surface area (Å²) in [6, 6.07) is 6.08. The van der Waals surface area contributed by atoms with Crippen molar-refractivity contribution in [2.75, 3.05) is 26.0 Å². The fourth-order valence-corrected chi connectivity index (χ4v) is 3.33. The Labute approximate surface area is 144 Å². The first-order valence-electron chi connectivity index (χ1n) is 7.92. The summed E-state index contributed by atoms with van der Waals surface area (Å²) in [6.07, 6.45) is 4.44. The number of morpholine rings is 1. The van der Waals surface area contributed by atoms with Crippen LogP contribution in [-0.4, -0.2) is 52.4 Å². The quantitative estimate of drug-likeness (QED) is 0.796. The Kier molecular flexibility index (Phi) is 5.20. The molecule has 0 bridgehead atoms. The third kappa shape index (κ3) is 3.32. The van der Waals surface area contributed by atoms with Gasteiger partial charge in [-0.3, -0.25) is 9.36 Å². The molecule has 2 heterocycles. The molecule has 1 fully saturated rings. The number of hydrogen-bond donors (Lipinski definition) is 0. The summed E-state index contributed by atoms with van der Waals surface area (Å²) in [5.74, 6) is -0.384. The number of hydrogen-bond acceptors (Lipinski definition) is 4. The predicted molar refractivity (Wildman–Crippen MR) is 91.2 cm³/mol. The molecule has 1 aromatic heterocycles. The lowest BCUT2D eigenvalue weighted by Crippen LogP contribution is -2.45. The first kappa shape index (κ1) is 17.0. The minimum absolute atomic E-state index is 0.0740. The lowest BCUT2D eigenvalue weighted by molar-refractivity contribution is -0.0229. The molecule has 1 unspecified atom stereocenters. The van der Waals surface area contributed by atoms with Crippen LogP contribution in [0, 0.1) is 5.82 Å². The molecule has 0 spiro atoms. The van der Waals surface area contributed by atoms with Crippen LogP contribution < -0.4 is 0 Å². The van der Waals surface area contributed by atoms with Crippen LogP contribution in [0.2, 0.25) is 0 Å². The van der Waals surface area contributed by atoms with Gasteiger partial charge in [-0.05, 0) is 36.9 Å². The van der Waals surface area contributed by atoms with Gasteiger partial charge in [0.25, 0.3) is 5.91 Å². The van der Waals surface area contributed by atoms with Crippen molar-refractivity contribution in [2.45, 2.75) is 24.6 Å². The lowest BCUT2D eigenvalue weighted by atomic mass is 10.2. The summed E-state index contributed by atoms with van der Waals surface area (Å²) in [5.41, 5.74) is 1.21. The molecule has 0 N–H and O–H groups in total. The number of ether oxygens (including phenoxy) is 1. The SMILES string of the molecule is CCC1CN(C(=O)c2cnc(SC)n2-c2ccc(F)cc2)CCO1. The number of imidazole rings is 1. The number of aromatic nitrogens is 2. The molecule has 1 saturated heterocycles. The molecule has 0 aliphatic carbocycles. The third-order valence-corrected chi connectivity index (χ3v) is 4.75. The van der Waals surface area contributed by atoms with E-state index in [1.807, 2.05) is 13.2 Å². The van der Waals surface area contributed by atoms with Crippen LogP contribution >= 0.6 is 11.8 Å². The fourth-order valence-electron chi connectivity index (χ4n) is 2.78. The summed E-state index contributed by atoms with van der Waals surface area (Å²) < 4.78 is 20.6. The van der Waals surface area contributed by atoms with Gasteiger partial charge < -0.3 is 9.64 Å². The predicted octanol–water partition coefficient (Wildman–Crippen LogP) is 2.98. The second kappa shape index (κ2) is 7.36. The first-order valence-corrected chi connectivity index (χ1v) is 9.15. The summed E-state index contributed by atoms with van der Waals surface area (Å²) in [6.45, 7) is 3.74. The Bertz CT molecular complexity index is 717. The molecule has 1 aromatic carbocycles. The highest BCUT2D eigenvalue weighted by Gasteiger charge is 2.27. The van der Waals surface area contributed by atoms with Crippen molar-refractivity contribution >= 4 is 17.7 Å². The zero-order valence-corrected chi connectivity index (χ0v) is 14.6. The van der Waals surface area contributed by atoms with Crippen LogP contribution in [-0.2, 0) is 4.74 Å². The average Bonchev–Trinajstić information content (AvgIpc) is 3.05. The second-order valence-electron chi connectivity index (χ2n) is 5.59. The number of carbonyl (C=O) groups is 1. The van der Waals surface area contributed by atoms with E-state index in [0.717, 1.165) is 12.1 Å². The highest BCUT2D eigenvalue weighted by Crippen LogP contribution is 2.23. The molecule has 2 aromatic rings. The van der Waals surface area contributed by atoms with Crippen molar-refractivity contribution in [2.24, 2.45) is 0 Å². The van der Waals surface area contributed by atoms with Gasteiger partial charge in [0.05, 0.1) is 18.9 Å². The van der Waals surface area contributed by atoms with Crippen LogP contribution in [0.15, 0.2) is 35.6 Å². The average molecular weight is 349 g/mol. The van der Waals surface area contributed by atoms with Crippen LogP contribution in [0.25, 0.3) is 5.69 Å². The van der Waals surface area contributed by atoms with Crippen LogP contribution in [0.3, 0.4) is 0 Å². The van der Waals surface area contributed by atoms with E-state index in [-0.39, 0.29) is 17.8 Å². The number of nitrogens with zero attached hydrogens (tertiary/aromatic N) is 3. The van der Waals surface area contributed by atoms with E-state index in [1.165, 1.54) is 23.9 Å². The van der Waals surface area contributed by atoms with E-state index in [0.29, 0.717) is 30.5 Å². The van der Waals surface area contributed by atoms with Crippen LogP contribution in [0.4, 0.5) is 4.39 Å². The van der Waals surface area contributed by atoms with Crippen molar-refractivity contribution in [3.63, 3.8) is 0 Å². The van der Waals surface area contributed by atoms with Crippen molar-refractivity contribution in [3.8, 4) is 5.69 Å². The largest absolute Gasteiger partial charge is 0.375 e. The topological polar surface area (TPSA) is 47.4 Å². The summed E-state index contributed by atoms with van der Waals surface area (Å²) >= 11 is 1.45. The maximum absolute atomic E-state index is 13.2. The second-order valence-corrected chi connectivity index (χ2v) is 6.37. The zero-order valence-electron chi connectivity index (χ0n) is 13.7. The van der Waals surface area contributed by atoms with E-state index in [4.69, 9.17) is 4.74 Å². The summed E-state index contributed by atoms with van der Waals surface area (Å²) in [7, 11) is 0. The highest BCUT2D eigenvalue weighted by molar-refractivity contribution is 7.98. The van der Waals surface area contributed by atoms with Gasteiger partial charge >= 0.3 is 0 Å². The number of thioether (sulfide) groups is 1. The van der Waals surface area contributed by atoms with Gasteiger partial charge in [0.1, 0.15) is 11.5 Å². The Morgan fingerprint density at radius 2 is 2.17 bits per heavy atom. The Hall–Kier alpha value is -1.86. The Morgan fingerprint density at radius 3 is 2.83 bits per heavy atom. The van der Waals surface area contributed by atoms with E-state index < -0.39 is 0 Å². The minimum Gasteiger partial charge on any atom is -0.375 e. The summed E-state index contributed by atoms with van der Waals surface area (Å²) in [5, 5.41) is 0.699. The van der Waals surface area contributed by atoms with Gasteiger partial charge in [0.2, 0.25) is 0 Å². The van der Waals surface area contributed by atoms with Crippen molar-refractivity contribution in [3.05, 3.63) is 42.0 Å². The molecule has 1 aliphatic rings. The van der Waals surface area contributed by atoms with E-state index in [1.54, 1.807) is 27.8 Å². The smallest absolute Gasteiger partial charge is 0.272 e. The van der Waals surface area contributed by atoms with Gasteiger partial charge in [-0.15, -0.1) is 0 Å². The van der Waals surface area contributed by atoms with Crippen molar-refractivity contribution in [1.82, 2.24) is 14.5 Å². The van der Waals surface area contributed by atoms with Crippen LogP contribution in [0.5, 0.6) is 0 Å². The maximum Gasteiger partial charge on any atom is 0.272 e. The van der Waals surface area contributed by atoms with Gasteiger partial charge in [-0.2, -0.15) is 0 Å². The van der Waals surface area contributed by atoms with Gasteiger partial charge in [0.15, 0.2) is 5.16 Å². The number of rotatable bonds is 4. The molecule has 7 heteroatoms. The Morgan fingerprint density at radius 1 is 1.42 bits per heavy atom. The molecule has 128 valence electrons. The molecule has 0 saturated carbocycles. The monoisotopic (exact) mass is 349 g/mol. The normalized spacial score (nSPS) is 18.0. The molecular formula is C17H20FN3O2S. The molecule has 3 rings (SSSR count). The Balaban J connectivity index is 1.94. The van der Waals surface area contributed by atoms with Gasteiger partial charge in [-0.25, -0.2) is 9.37 Å². The highest BCUT2D eigenvalue weighted by atomic mass is 32.2. The molecule has 1 aliphatic heterocycles. The molecule has 0 radical (unpaired) electrons. The van der Waals surface area contributed by atoms with Crippen molar-refractivity contribution < 1.29 is 13.9 Å². The van der Waals surface area contributed by atoms with Gasteiger partial charge in [-0.1, -0.05) is 18.7 Å². The molecule has 1 atom stereocenters.